The van der Waals surface area contributed by atoms with E-state index in [2.05, 4.69) is 252 Å². The number of aromatic nitrogens is 1. The van der Waals surface area contributed by atoms with Gasteiger partial charge in [0.05, 0.1) is 11.0 Å². The molecule has 1 heterocycles. The maximum Gasteiger partial charge on any atom is 0.0541 e. The zero-order chi connectivity index (χ0) is 39.8. The summed E-state index contributed by atoms with van der Waals surface area (Å²) in [5, 5.41) is 5.00. The number of benzene rings is 10. The van der Waals surface area contributed by atoms with Gasteiger partial charge >= 0.3 is 0 Å². The molecule has 60 heavy (non-hydrogen) atoms. The lowest BCUT2D eigenvalue weighted by Crippen LogP contribution is -2.09. The Balaban J connectivity index is 0.937. The SMILES string of the molecule is c1ccc(-c2ccc(N(c3ccc(-c4ccccc4)cc3)c3ccc(-c4ccc5c(c4)c4ccccc4n5-c4ccc(-c5ccc6ccccc6c5)cc4)cc3)cc2)cc1. The van der Waals surface area contributed by atoms with Crippen LogP contribution in [0.1, 0.15) is 0 Å². The van der Waals surface area contributed by atoms with Gasteiger partial charge in [0.1, 0.15) is 0 Å². The van der Waals surface area contributed by atoms with E-state index in [1.54, 1.807) is 0 Å². The molecule has 2 nitrogen and oxygen atoms in total. The van der Waals surface area contributed by atoms with E-state index in [1.807, 2.05) is 0 Å². The molecular weight excluding hydrogens is 725 g/mol. The second kappa shape index (κ2) is 15.1. The molecule has 0 atom stereocenters. The first kappa shape index (κ1) is 35.2. The van der Waals surface area contributed by atoms with Crippen molar-refractivity contribution in [2.24, 2.45) is 0 Å². The summed E-state index contributed by atoms with van der Waals surface area (Å²) in [5.41, 5.74) is 16.5. The minimum absolute atomic E-state index is 1.10. The summed E-state index contributed by atoms with van der Waals surface area (Å²) in [4.78, 5) is 2.34. The fourth-order valence-electron chi connectivity index (χ4n) is 8.72. The number of hydrogen-bond donors (Lipinski definition) is 0. The largest absolute Gasteiger partial charge is 0.311 e. The fraction of sp³-hybridized carbons (Fsp3) is 0. The molecule has 10 aromatic carbocycles. The lowest BCUT2D eigenvalue weighted by Gasteiger charge is -2.26. The summed E-state index contributed by atoms with van der Waals surface area (Å²) >= 11 is 0. The predicted octanol–water partition coefficient (Wildman–Crippen LogP) is 16.1. The van der Waals surface area contributed by atoms with Gasteiger partial charge in [0.15, 0.2) is 0 Å². The van der Waals surface area contributed by atoms with Gasteiger partial charge in [-0.3, -0.25) is 0 Å². The van der Waals surface area contributed by atoms with Gasteiger partial charge in [0, 0.05) is 33.5 Å². The smallest absolute Gasteiger partial charge is 0.0541 e. The average molecular weight is 765 g/mol. The number of fused-ring (bicyclic) bond motifs is 4. The first-order chi connectivity index (χ1) is 29.7. The Morgan fingerprint density at radius 3 is 1.23 bits per heavy atom. The van der Waals surface area contributed by atoms with E-state index in [4.69, 9.17) is 0 Å². The Hall–Kier alpha value is -7.94. The molecule has 2 heteroatoms. The van der Waals surface area contributed by atoms with Gasteiger partial charge in [-0.2, -0.15) is 0 Å². The Morgan fingerprint density at radius 1 is 0.250 bits per heavy atom. The zero-order valence-corrected chi connectivity index (χ0v) is 33.0. The monoisotopic (exact) mass is 764 g/mol. The molecule has 0 bridgehead atoms. The second-order valence-electron chi connectivity index (χ2n) is 15.4. The molecule has 282 valence electrons. The second-order valence-corrected chi connectivity index (χ2v) is 15.4. The molecule has 11 aromatic rings. The van der Waals surface area contributed by atoms with Crippen molar-refractivity contribution in [1.82, 2.24) is 4.57 Å². The molecular formula is C58H40N2. The van der Waals surface area contributed by atoms with Crippen LogP contribution in [0.3, 0.4) is 0 Å². The highest BCUT2D eigenvalue weighted by molar-refractivity contribution is 6.10. The van der Waals surface area contributed by atoms with Crippen LogP contribution < -0.4 is 4.90 Å². The van der Waals surface area contributed by atoms with Crippen LogP contribution in [0.25, 0.3) is 82.8 Å². The van der Waals surface area contributed by atoms with Crippen LogP contribution in [0.5, 0.6) is 0 Å². The van der Waals surface area contributed by atoms with Gasteiger partial charge in [0.25, 0.3) is 0 Å². The first-order valence-electron chi connectivity index (χ1n) is 20.6. The predicted molar refractivity (Wildman–Crippen MR) is 255 cm³/mol. The third-order valence-corrected chi connectivity index (χ3v) is 11.8. The summed E-state index contributed by atoms with van der Waals surface area (Å²) in [6.07, 6.45) is 0. The Kier molecular flexibility index (Phi) is 8.87. The van der Waals surface area contributed by atoms with Crippen molar-refractivity contribution >= 4 is 49.6 Å². The summed E-state index contributed by atoms with van der Waals surface area (Å²) < 4.78 is 2.39. The first-order valence-corrected chi connectivity index (χ1v) is 20.6. The van der Waals surface area contributed by atoms with Crippen LogP contribution in [0.2, 0.25) is 0 Å². The van der Waals surface area contributed by atoms with Crippen molar-refractivity contribution in [2.75, 3.05) is 4.90 Å². The lowest BCUT2D eigenvalue weighted by molar-refractivity contribution is 1.18. The van der Waals surface area contributed by atoms with Gasteiger partial charge in [-0.05, 0) is 128 Å². The summed E-state index contributed by atoms with van der Waals surface area (Å²) in [7, 11) is 0. The lowest BCUT2D eigenvalue weighted by atomic mass is 10.0. The maximum atomic E-state index is 2.39. The molecule has 0 radical (unpaired) electrons. The number of para-hydroxylation sites is 1. The van der Waals surface area contributed by atoms with E-state index < -0.39 is 0 Å². The summed E-state index contributed by atoms with van der Waals surface area (Å²) in [6, 6.07) is 87.8. The molecule has 1 aromatic heterocycles. The van der Waals surface area contributed by atoms with E-state index in [-0.39, 0.29) is 0 Å². The third kappa shape index (κ3) is 6.51. The molecule has 0 spiro atoms. The highest BCUT2D eigenvalue weighted by atomic mass is 15.1. The van der Waals surface area contributed by atoms with Crippen molar-refractivity contribution in [3.05, 3.63) is 243 Å². The molecule has 0 saturated heterocycles. The molecule has 0 aliphatic rings. The van der Waals surface area contributed by atoms with E-state index in [1.165, 1.54) is 77.1 Å². The van der Waals surface area contributed by atoms with Crippen LogP contribution in [0.4, 0.5) is 17.1 Å². The highest BCUT2D eigenvalue weighted by Gasteiger charge is 2.16. The minimum Gasteiger partial charge on any atom is -0.311 e. The van der Waals surface area contributed by atoms with Gasteiger partial charge in [-0.1, -0.05) is 170 Å². The maximum absolute atomic E-state index is 2.39. The number of anilines is 3. The Morgan fingerprint density at radius 2 is 0.650 bits per heavy atom. The molecule has 0 N–H and O–H groups in total. The van der Waals surface area contributed by atoms with E-state index in [0.29, 0.717) is 0 Å². The number of hydrogen-bond acceptors (Lipinski definition) is 1. The molecule has 0 amide bonds. The molecule has 0 aliphatic carbocycles. The standard InChI is InChI=1S/C58H40N2/c1-3-11-41(12-4-1)44-21-30-51(31-22-44)59(52-32-23-45(24-33-52)42-13-5-2-6-14-42)53-34-25-47(26-35-53)50-29-38-58-56(40-50)55-17-9-10-18-57(55)60(58)54-36-27-46(28-37-54)49-20-19-43-15-7-8-16-48(43)39-49/h1-40H. The van der Waals surface area contributed by atoms with Crippen molar-refractivity contribution in [1.29, 1.82) is 0 Å². The number of rotatable bonds is 8. The summed E-state index contributed by atoms with van der Waals surface area (Å²) in [5.74, 6) is 0. The quantitative estimate of drug-likeness (QED) is 0.150. The zero-order valence-electron chi connectivity index (χ0n) is 33.0. The topological polar surface area (TPSA) is 8.17 Å². The molecule has 0 aliphatic heterocycles. The van der Waals surface area contributed by atoms with Crippen LogP contribution in [-0.2, 0) is 0 Å². The van der Waals surface area contributed by atoms with Gasteiger partial charge in [-0.25, -0.2) is 0 Å². The van der Waals surface area contributed by atoms with E-state index in [0.717, 1.165) is 22.7 Å². The minimum atomic E-state index is 1.10. The van der Waals surface area contributed by atoms with Crippen molar-refractivity contribution in [2.45, 2.75) is 0 Å². The van der Waals surface area contributed by atoms with Crippen molar-refractivity contribution < 1.29 is 0 Å². The Bertz CT molecular complexity index is 3170. The average Bonchev–Trinajstić information content (AvgIpc) is 3.66. The molecule has 0 fully saturated rings. The van der Waals surface area contributed by atoms with Crippen LogP contribution in [0.15, 0.2) is 243 Å². The van der Waals surface area contributed by atoms with Crippen molar-refractivity contribution in [3.63, 3.8) is 0 Å². The van der Waals surface area contributed by atoms with Crippen LogP contribution >= 0.6 is 0 Å². The highest BCUT2D eigenvalue weighted by Crippen LogP contribution is 2.39. The fourth-order valence-corrected chi connectivity index (χ4v) is 8.72. The molecule has 0 saturated carbocycles. The molecule has 11 rings (SSSR count). The summed E-state index contributed by atoms with van der Waals surface area (Å²) in [6.45, 7) is 0. The Labute approximate surface area is 350 Å². The van der Waals surface area contributed by atoms with Gasteiger partial charge < -0.3 is 9.47 Å². The van der Waals surface area contributed by atoms with Crippen molar-refractivity contribution in [3.8, 4) is 50.2 Å². The van der Waals surface area contributed by atoms with Gasteiger partial charge in [0.2, 0.25) is 0 Å². The van der Waals surface area contributed by atoms with Crippen LogP contribution in [-0.4, -0.2) is 4.57 Å². The van der Waals surface area contributed by atoms with Crippen LogP contribution in [0, 0.1) is 0 Å². The van der Waals surface area contributed by atoms with E-state index >= 15 is 0 Å². The molecule has 0 unspecified atom stereocenters. The number of nitrogens with zero attached hydrogens (tertiary/aromatic N) is 2. The third-order valence-electron chi connectivity index (χ3n) is 11.8. The van der Waals surface area contributed by atoms with E-state index in [9.17, 15) is 0 Å². The van der Waals surface area contributed by atoms with Gasteiger partial charge in [-0.15, -0.1) is 0 Å². The normalized spacial score (nSPS) is 11.3.